The molecule has 1 saturated carbocycles. The SMILES string of the molecule is [3H][B]SO[C@H](CC(=O)O[C@H](C[C@@H]1C/C(=C\C(=O)OC)C(OC(C)=O)[C@](O)(C(C)(C)/C=C/C=O)O1)[C@H](C)OCc1ccccc1)C[C@@H]1CCC[C@H](C[C@@H]2CCO[C@@]3(C[C@H](C)CC[C@H]3C(C)C)O2)O1. The van der Waals surface area contributed by atoms with Crippen molar-refractivity contribution in [3.63, 3.8) is 0 Å². The molecule has 14 nitrogen and oxygen atoms in total. The summed E-state index contributed by atoms with van der Waals surface area (Å²) in [6.45, 7) is 13.8. The van der Waals surface area contributed by atoms with E-state index in [4.69, 9.17) is 43.4 Å². The van der Waals surface area contributed by atoms with Gasteiger partial charge in [0, 0.05) is 43.6 Å². The van der Waals surface area contributed by atoms with Gasteiger partial charge in [-0.15, -0.1) is 0 Å². The molecular weight excluding hydrogens is 867 g/mol. The van der Waals surface area contributed by atoms with Gasteiger partial charge in [-0.2, -0.15) is 0 Å². The second-order valence-corrected chi connectivity index (χ2v) is 20.0. The third-order valence-corrected chi connectivity index (χ3v) is 14.0. The summed E-state index contributed by atoms with van der Waals surface area (Å²) in [4.78, 5) is 50.7. The number of aldehydes is 1. The highest BCUT2D eigenvalue weighted by Crippen LogP contribution is 2.48. The number of methoxy groups -OCH3 is 1. The van der Waals surface area contributed by atoms with Crippen LogP contribution in [0.2, 0.25) is 0 Å². The van der Waals surface area contributed by atoms with E-state index in [0.29, 0.717) is 37.1 Å². The zero-order valence-corrected chi connectivity index (χ0v) is 41.0. The lowest BCUT2D eigenvalue weighted by Crippen LogP contribution is -2.62. The zero-order chi connectivity index (χ0) is 48.8. The minimum Gasteiger partial charge on any atom is -0.466 e. The highest BCUT2D eigenvalue weighted by Gasteiger charge is 2.57. The van der Waals surface area contributed by atoms with E-state index >= 15 is 0 Å². The molecule has 66 heavy (non-hydrogen) atoms. The van der Waals surface area contributed by atoms with Crippen LogP contribution in [0.3, 0.4) is 0 Å². The summed E-state index contributed by atoms with van der Waals surface area (Å²) in [7, 11) is 2.27. The fraction of sp³-hybridized carbons (Fsp3) is 0.720. The Hall–Kier alpha value is -3.09. The Balaban J connectivity index is 1.32. The molecule has 1 unspecified atom stereocenters. The average molecular weight is 944 g/mol. The Morgan fingerprint density at radius 1 is 1.03 bits per heavy atom. The quantitative estimate of drug-likeness (QED) is 0.0299. The molecule has 5 rings (SSSR count). The molecular formula is C50H74BO14S. The van der Waals surface area contributed by atoms with Crippen molar-refractivity contribution >= 4 is 43.2 Å². The molecule has 4 aliphatic rings. The summed E-state index contributed by atoms with van der Waals surface area (Å²) in [5, 5.41) is 12.5. The number of carbonyl (C=O) groups excluding carboxylic acids is 4. The molecule has 0 amide bonds. The van der Waals surface area contributed by atoms with Crippen LogP contribution in [0.5, 0.6) is 0 Å². The van der Waals surface area contributed by atoms with E-state index in [1.807, 2.05) is 30.3 Å². The topological polar surface area (TPSA) is 172 Å². The monoisotopic (exact) mass is 943 g/mol. The summed E-state index contributed by atoms with van der Waals surface area (Å²) < 4.78 is 63.4. The van der Waals surface area contributed by atoms with Gasteiger partial charge in [-0.25, -0.2) is 4.79 Å². The number of hydrogen-bond donors (Lipinski definition) is 1. The van der Waals surface area contributed by atoms with Crippen LogP contribution in [0, 0.1) is 23.2 Å². The molecule has 1 aromatic rings. The van der Waals surface area contributed by atoms with Crippen LogP contribution in [0.4, 0.5) is 0 Å². The van der Waals surface area contributed by atoms with Crippen LogP contribution in [-0.2, 0) is 67.9 Å². The van der Waals surface area contributed by atoms with Crippen LogP contribution in [0.1, 0.15) is 131 Å². The van der Waals surface area contributed by atoms with E-state index in [1.165, 1.54) is 32.6 Å². The van der Waals surface area contributed by atoms with Crippen molar-refractivity contribution in [2.75, 3.05) is 13.7 Å². The van der Waals surface area contributed by atoms with Crippen molar-refractivity contribution in [1.82, 2.24) is 0 Å². The molecule has 4 fully saturated rings. The number of aliphatic hydroxyl groups is 1. The molecule has 1 aliphatic carbocycles. The molecule has 12 atom stereocenters. The standard InChI is InChI=1S/C50H74BO14S/c1-32(2)43-19-18-33(3)30-49(43)59-23-20-40(63-49)26-38-16-12-17-39(61-38)27-42(65-66-51)29-46(55)62-44(34(4)58-31-36-14-10-9-11-15-36)28-41-24-37(25-45(54)57-8)47(60-35(5)53)50(56,64-41)48(6,7)21-13-22-52/h9-11,13-15,21-22,25,32-34,38-44,47,51,56H,12,16-20,23-24,26-31H2,1-8H3/b21-13+,37-25+/t33-,34+,38-,39+,40+,41+,42+,43+,44-,47?,49+,50-/m1/s1/i51T. The van der Waals surface area contributed by atoms with Gasteiger partial charge in [-0.3, -0.25) is 14.4 Å². The van der Waals surface area contributed by atoms with Gasteiger partial charge in [0.1, 0.15) is 12.4 Å². The van der Waals surface area contributed by atoms with Crippen LogP contribution < -0.4 is 0 Å². The van der Waals surface area contributed by atoms with E-state index in [-0.39, 0.29) is 49.8 Å². The van der Waals surface area contributed by atoms with E-state index in [2.05, 4.69) is 20.8 Å². The van der Waals surface area contributed by atoms with Gasteiger partial charge in [0.2, 0.25) is 12.9 Å². The lowest BCUT2D eigenvalue weighted by atomic mass is 9.72. The first-order valence-electron chi connectivity index (χ1n) is 24.3. The van der Waals surface area contributed by atoms with E-state index in [1.54, 1.807) is 20.8 Å². The predicted molar refractivity (Wildman–Crippen MR) is 250 cm³/mol. The smallest absolute Gasteiger partial charge is 0.330 e. The summed E-state index contributed by atoms with van der Waals surface area (Å²) in [6.07, 6.45) is 6.94. The third-order valence-electron chi connectivity index (χ3n) is 13.7. The van der Waals surface area contributed by atoms with Crippen molar-refractivity contribution in [2.45, 2.75) is 193 Å². The van der Waals surface area contributed by atoms with Crippen LogP contribution >= 0.6 is 11.9 Å². The lowest BCUT2D eigenvalue weighted by molar-refractivity contribution is -0.342. The summed E-state index contributed by atoms with van der Waals surface area (Å²) in [5.74, 6) is -3.62. The summed E-state index contributed by atoms with van der Waals surface area (Å²) >= 11 is 0.834. The number of esters is 3. The number of hydrogen-bond acceptors (Lipinski definition) is 15. The van der Waals surface area contributed by atoms with Crippen molar-refractivity contribution < 1.29 is 66.4 Å². The maximum Gasteiger partial charge on any atom is 0.330 e. The number of rotatable bonds is 22. The fourth-order valence-corrected chi connectivity index (χ4v) is 10.5. The Kier molecular flexibility index (Phi) is 19.8. The fourth-order valence-electron chi connectivity index (χ4n) is 10.2. The Bertz CT molecular complexity index is 1820. The van der Waals surface area contributed by atoms with E-state index in [9.17, 15) is 24.3 Å². The molecule has 16 heteroatoms. The van der Waals surface area contributed by atoms with E-state index < -0.39 is 65.4 Å². The van der Waals surface area contributed by atoms with Gasteiger partial charge >= 0.3 is 17.9 Å². The number of carbonyl (C=O) groups is 4. The molecule has 1 aromatic carbocycles. The molecule has 1 spiro atoms. The van der Waals surface area contributed by atoms with Gasteiger partial charge in [0.25, 0.3) is 0 Å². The first kappa shape index (κ1) is 52.3. The van der Waals surface area contributed by atoms with Crippen LogP contribution in [0.25, 0.3) is 0 Å². The highest BCUT2D eigenvalue weighted by molar-refractivity contribution is 8.15. The second kappa shape index (κ2) is 25.0. The molecule has 1 N–H and O–H groups in total. The number of benzene rings is 1. The minimum absolute atomic E-state index is 0.0187. The molecule has 0 aromatic heterocycles. The van der Waals surface area contributed by atoms with Crippen molar-refractivity contribution in [3.05, 3.63) is 59.7 Å². The second-order valence-electron chi connectivity index (χ2n) is 19.6. The van der Waals surface area contributed by atoms with Gasteiger partial charge < -0.3 is 47.2 Å². The Morgan fingerprint density at radius 2 is 1.79 bits per heavy atom. The van der Waals surface area contributed by atoms with Gasteiger partial charge in [-0.1, -0.05) is 89.3 Å². The maximum atomic E-state index is 14.1. The summed E-state index contributed by atoms with van der Waals surface area (Å²) in [6, 6.07) is 9.52. The zero-order valence-electron chi connectivity index (χ0n) is 41.2. The first-order chi connectivity index (χ1) is 31.9. The molecule has 0 bridgehead atoms. The van der Waals surface area contributed by atoms with Crippen LogP contribution in [0.15, 0.2) is 54.1 Å². The van der Waals surface area contributed by atoms with Crippen molar-refractivity contribution in [1.29, 1.82) is 1.34 Å². The third kappa shape index (κ3) is 14.7. The lowest BCUT2D eigenvalue weighted by Gasteiger charge is -2.51. The van der Waals surface area contributed by atoms with Gasteiger partial charge in [0.05, 0.1) is 63.4 Å². The normalized spacial score (nSPS) is 31.8. The van der Waals surface area contributed by atoms with Gasteiger partial charge in [0.15, 0.2) is 11.9 Å². The molecule has 1 radical (unpaired) electrons. The molecule has 3 heterocycles. The highest BCUT2D eigenvalue weighted by atomic mass is 32.2. The predicted octanol–water partition coefficient (Wildman–Crippen LogP) is 7.73. The first-order valence-corrected chi connectivity index (χ1v) is 24.5. The average Bonchev–Trinajstić information content (AvgIpc) is 3.27. The number of allylic oxidation sites excluding steroid dienone is 1. The molecule has 367 valence electrons. The maximum absolute atomic E-state index is 14.1. The molecule has 3 aliphatic heterocycles. The van der Waals surface area contributed by atoms with Crippen molar-refractivity contribution in [3.8, 4) is 0 Å². The summed E-state index contributed by atoms with van der Waals surface area (Å²) in [5.41, 5.74) is -0.273. The van der Waals surface area contributed by atoms with Gasteiger partial charge in [-0.05, 0) is 82.3 Å². The van der Waals surface area contributed by atoms with E-state index in [0.717, 1.165) is 75.6 Å². The van der Waals surface area contributed by atoms with Crippen LogP contribution in [-0.4, -0.2) is 112 Å². The number of ether oxygens (including phenoxy) is 8. The van der Waals surface area contributed by atoms with Crippen molar-refractivity contribution in [2.24, 2.45) is 23.2 Å². The Morgan fingerprint density at radius 3 is 2.48 bits per heavy atom. The minimum atomic E-state index is -2.31. The Labute approximate surface area is 398 Å². The molecule has 3 saturated heterocycles. The largest absolute Gasteiger partial charge is 0.466 e.